The lowest BCUT2D eigenvalue weighted by Crippen LogP contribution is -2.39. The first-order chi connectivity index (χ1) is 10.5. The van der Waals surface area contributed by atoms with E-state index in [-0.39, 0.29) is 11.5 Å². The number of hydrogen-bond acceptors (Lipinski definition) is 3. The maximum atomic E-state index is 13.6. The smallest absolute Gasteiger partial charge is 0.315 e. The summed E-state index contributed by atoms with van der Waals surface area (Å²) in [4.78, 5) is 16.0. The predicted octanol–water partition coefficient (Wildman–Crippen LogP) is 3.59. The highest BCUT2D eigenvalue weighted by Crippen LogP contribution is 2.19. The average Bonchev–Trinajstić information content (AvgIpc) is 3.01. The summed E-state index contributed by atoms with van der Waals surface area (Å²) >= 11 is 1.52. The van der Waals surface area contributed by atoms with Gasteiger partial charge in [-0.25, -0.2) is 18.6 Å². The molecule has 0 saturated heterocycles. The topological polar surface area (TPSA) is 54.0 Å². The van der Waals surface area contributed by atoms with Crippen molar-refractivity contribution in [1.82, 2.24) is 15.6 Å². The Morgan fingerprint density at radius 2 is 2.14 bits per heavy atom. The second-order valence-electron chi connectivity index (χ2n) is 4.99. The highest BCUT2D eigenvalue weighted by molar-refractivity contribution is 7.09. The normalized spacial score (nSPS) is 13.5. The number of aromatic nitrogens is 1. The Morgan fingerprint density at radius 1 is 1.36 bits per heavy atom. The van der Waals surface area contributed by atoms with Crippen LogP contribution in [0.15, 0.2) is 29.8 Å². The Kier molecular flexibility index (Phi) is 5.43. The molecule has 4 nitrogen and oxygen atoms in total. The molecule has 2 amide bonds. The number of rotatable bonds is 5. The number of thiazole rings is 1. The summed E-state index contributed by atoms with van der Waals surface area (Å²) in [6, 6.07) is 2.84. The van der Waals surface area contributed by atoms with E-state index in [1.54, 1.807) is 13.1 Å². The third kappa shape index (κ3) is 4.00. The molecule has 0 unspecified atom stereocenters. The van der Waals surface area contributed by atoms with Crippen LogP contribution in [0.2, 0.25) is 0 Å². The maximum absolute atomic E-state index is 13.6. The molecule has 22 heavy (non-hydrogen) atoms. The first kappa shape index (κ1) is 16.4. The van der Waals surface area contributed by atoms with E-state index in [2.05, 4.69) is 15.6 Å². The minimum Gasteiger partial charge on any atom is -0.337 e. The van der Waals surface area contributed by atoms with E-state index in [1.165, 1.54) is 23.5 Å². The van der Waals surface area contributed by atoms with Crippen molar-refractivity contribution in [2.75, 3.05) is 6.54 Å². The Balaban J connectivity index is 1.87. The monoisotopic (exact) mass is 325 g/mol. The molecule has 2 rings (SSSR count). The molecular formula is C15H17F2N3OS. The van der Waals surface area contributed by atoms with Crippen molar-refractivity contribution >= 4 is 17.4 Å². The molecule has 1 aromatic heterocycles. The van der Waals surface area contributed by atoms with E-state index >= 15 is 0 Å². The summed E-state index contributed by atoms with van der Waals surface area (Å²) < 4.78 is 26.8. The zero-order valence-electron chi connectivity index (χ0n) is 12.3. The lowest BCUT2D eigenvalue weighted by Gasteiger charge is -2.17. The number of benzene rings is 1. The molecule has 2 N–H and O–H groups in total. The summed E-state index contributed by atoms with van der Waals surface area (Å²) in [5.74, 6) is -1.78. The van der Waals surface area contributed by atoms with Crippen LogP contribution in [-0.2, 0) is 0 Å². The van der Waals surface area contributed by atoms with E-state index in [0.717, 1.165) is 11.1 Å². The molecule has 0 spiro atoms. The predicted molar refractivity (Wildman–Crippen MR) is 81.8 cm³/mol. The van der Waals surface area contributed by atoms with Crippen molar-refractivity contribution < 1.29 is 13.6 Å². The fourth-order valence-corrected chi connectivity index (χ4v) is 2.69. The summed E-state index contributed by atoms with van der Waals surface area (Å²) in [5, 5.41) is 8.11. The van der Waals surface area contributed by atoms with Gasteiger partial charge in [-0.05, 0) is 13.0 Å². The van der Waals surface area contributed by atoms with Gasteiger partial charge < -0.3 is 10.6 Å². The Labute approximate surface area is 131 Å². The molecule has 2 aromatic rings. The van der Waals surface area contributed by atoms with Gasteiger partial charge in [0.05, 0.1) is 11.0 Å². The van der Waals surface area contributed by atoms with E-state index in [4.69, 9.17) is 0 Å². The van der Waals surface area contributed by atoms with Gasteiger partial charge in [0.15, 0.2) is 11.6 Å². The molecule has 0 radical (unpaired) electrons. The Hall–Kier alpha value is -2.02. The summed E-state index contributed by atoms with van der Waals surface area (Å²) in [6.45, 7) is 3.97. The average molecular weight is 325 g/mol. The van der Waals surface area contributed by atoms with E-state index < -0.39 is 23.7 Å². The minimum absolute atomic E-state index is 0.0898. The molecule has 0 fully saturated rings. The zero-order chi connectivity index (χ0) is 16.1. The van der Waals surface area contributed by atoms with Crippen LogP contribution in [0, 0.1) is 11.6 Å². The van der Waals surface area contributed by atoms with Crippen molar-refractivity contribution in [2.45, 2.75) is 25.8 Å². The number of hydrogen-bond donors (Lipinski definition) is 2. The molecule has 7 heteroatoms. The van der Waals surface area contributed by atoms with Gasteiger partial charge in [-0.3, -0.25) is 0 Å². The number of urea groups is 1. The van der Waals surface area contributed by atoms with Gasteiger partial charge in [-0.1, -0.05) is 19.1 Å². The minimum atomic E-state index is -0.938. The van der Waals surface area contributed by atoms with Gasteiger partial charge in [-0.2, -0.15) is 0 Å². The third-order valence-electron chi connectivity index (χ3n) is 3.24. The van der Waals surface area contributed by atoms with E-state index in [1.807, 2.05) is 12.3 Å². The Bertz CT molecular complexity index is 634. The van der Waals surface area contributed by atoms with Crippen LogP contribution in [-0.4, -0.2) is 17.6 Å². The molecule has 118 valence electrons. The van der Waals surface area contributed by atoms with Gasteiger partial charge in [0.2, 0.25) is 0 Å². The molecule has 0 bridgehead atoms. The number of halogens is 2. The fourth-order valence-electron chi connectivity index (χ4n) is 1.99. The molecule has 2 atom stereocenters. The SMILES string of the molecule is C[C@H](CNC(=O)N[C@H](C)c1cccc(F)c1F)c1nccs1. The van der Waals surface area contributed by atoms with Gasteiger partial charge in [0.1, 0.15) is 0 Å². The molecule has 1 aromatic carbocycles. The standard InChI is InChI=1S/C15H17F2N3OS/c1-9(14-18-6-7-22-14)8-19-15(21)20-10(2)11-4-3-5-12(16)13(11)17/h3-7,9-10H,8H2,1-2H3,(H2,19,20,21)/t9-,10-/m1/s1. The van der Waals surface area contributed by atoms with Crippen LogP contribution in [0.3, 0.4) is 0 Å². The highest BCUT2D eigenvalue weighted by atomic mass is 32.1. The van der Waals surface area contributed by atoms with Crippen molar-refractivity contribution in [2.24, 2.45) is 0 Å². The first-order valence-corrected chi connectivity index (χ1v) is 7.74. The maximum Gasteiger partial charge on any atom is 0.315 e. The summed E-state index contributed by atoms with van der Waals surface area (Å²) in [5.41, 5.74) is 0.114. The van der Waals surface area contributed by atoms with Crippen LogP contribution in [0.1, 0.15) is 36.4 Å². The molecule has 0 aliphatic rings. The molecule has 0 aliphatic heterocycles. The highest BCUT2D eigenvalue weighted by Gasteiger charge is 2.16. The number of nitrogens with one attached hydrogen (secondary N) is 2. The van der Waals surface area contributed by atoms with Crippen molar-refractivity contribution in [3.05, 3.63) is 52.0 Å². The van der Waals surface area contributed by atoms with Gasteiger partial charge in [0, 0.05) is 29.6 Å². The first-order valence-electron chi connectivity index (χ1n) is 6.86. The number of nitrogens with zero attached hydrogens (tertiary/aromatic N) is 1. The molecular weight excluding hydrogens is 308 g/mol. The molecule has 1 heterocycles. The van der Waals surface area contributed by atoms with E-state index in [0.29, 0.717) is 6.54 Å². The number of amides is 2. The van der Waals surface area contributed by atoms with E-state index in [9.17, 15) is 13.6 Å². The quantitative estimate of drug-likeness (QED) is 0.883. The number of carbonyl (C=O) groups is 1. The lowest BCUT2D eigenvalue weighted by atomic mass is 10.1. The van der Waals surface area contributed by atoms with Crippen LogP contribution in [0.25, 0.3) is 0 Å². The van der Waals surface area contributed by atoms with Crippen molar-refractivity contribution in [3.8, 4) is 0 Å². The molecule has 0 saturated carbocycles. The summed E-state index contributed by atoms with van der Waals surface area (Å²) in [7, 11) is 0. The fraction of sp³-hybridized carbons (Fsp3) is 0.333. The van der Waals surface area contributed by atoms with Crippen molar-refractivity contribution in [1.29, 1.82) is 0 Å². The second kappa shape index (κ2) is 7.31. The summed E-state index contributed by atoms with van der Waals surface area (Å²) in [6.07, 6.45) is 1.71. The van der Waals surface area contributed by atoms with Crippen LogP contribution in [0.5, 0.6) is 0 Å². The lowest BCUT2D eigenvalue weighted by molar-refractivity contribution is 0.237. The van der Waals surface area contributed by atoms with Crippen LogP contribution < -0.4 is 10.6 Å². The van der Waals surface area contributed by atoms with Gasteiger partial charge in [0.25, 0.3) is 0 Å². The molecule has 0 aliphatic carbocycles. The van der Waals surface area contributed by atoms with Crippen LogP contribution >= 0.6 is 11.3 Å². The largest absolute Gasteiger partial charge is 0.337 e. The van der Waals surface area contributed by atoms with Crippen LogP contribution in [0.4, 0.5) is 13.6 Å². The second-order valence-corrected chi connectivity index (χ2v) is 5.92. The van der Waals surface area contributed by atoms with Gasteiger partial charge in [-0.15, -0.1) is 11.3 Å². The zero-order valence-corrected chi connectivity index (χ0v) is 13.1. The third-order valence-corrected chi connectivity index (χ3v) is 4.24. The van der Waals surface area contributed by atoms with Gasteiger partial charge >= 0.3 is 6.03 Å². The number of carbonyl (C=O) groups excluding carboxylic acids is 1. The van der Waals surface area contributed by atoms with Crippen molar-refractivity contribution in [3.63, 3.8) is 0 Å². The Morgan fingerprint density at radius 3 is 2.82 bits per heavy atom.